The van der Waals surface area contributed by atoms with Crippen LogP contribution in [0, 0.1) is 17.2 Å². The molecular formula is C8H8F3N3. The summed E-state index contributed by atoms with van der Waals surface area (Å²) < 4.78 is 37.4. The first-order chi connectivity index (χ1) is 6.43. The molecule has 0 aromatic carbocycles. The molecule has 0 aliphatic rings. The lowest BCUT2D eigenvalue weighted by Gasteiger charge is -2.02. The van der Waals surface area contributed by atoms with Crippen LogP contribution in [0.4, 0.5) is 13.2 Å². The quantitative estimate of drug-likeness (QED) is 0.738. The summed E-state index contributed by atoms with van der Waals surface area (Å²) in [5.74, 6) is -0.351. The van der Waals surface area contributed by atoms with Crippen LogP contribution in [0.25, 0.3) is 0 Å². The van der Waals surface area contributed by atoms with Crippen LogP contribution in [0.3, 0.4) is 0 Å². The molecule has 1 unspecified atom stereocenters. The molecule has 1 aromatic heterocycles. The molecule has 76 valence electrons. The average Bonchev–Trinajstić information content (AvgIpc) is 2.51. The van der Waals surface area contributed by atoms with Gasteiger partial charge in [0.1, 0.15) is 0 Å². The lowest BCUT2D eigenvalue weighted by molar-refractivity contribution is -0.137. The molecule has 1 aromatic rings. The minimum Gasteiger partial charge on any atom is -0.271 e. The maximum atomic E-state index is 12.1. The summed E-state index contributed by atoms with van der Waals surface area (Å²) in [6, 6.07) is 1.92. The Morgan fingerprint density at radius 3 is 2.71 bits per heavy atom. The molecule has 1 heterocycles. The Labute approximate surface area is 78.8 Å². The first-order valence-electron chi connectivity index (χ1n) is 3.92. The van der Waals surface area contributed by atoms with Crippen molar-refractivity contribution < 1.29 is 13.2 Å². The van der Waals surface area contributed by atoms with Gasteiger partial charge in [-0.2, -0.15) is 23.5 Å². The van der Waals surface area contributed by atoms with Gasteiger partial charge in [-0.15, -0.1) is 0 Å². The topological polar surface area (TPSA) is 41.6 Å². The van der Waals surface area contributed by atoms with Crippen molar-refractivity contribution in [1.29, 1.82) is 5.26 Å². The summed E-state index contributed by atoms with van der Waals surface area (Å²) in [5.41, 5.74) is -0.789. The van der Waals surface area contributed by atoms with Crippen LogP contribution < -0.4 is 0 Å². The monoisotopic (exact) mass is 203 g/mol. The number of nitriles is 1. The summed E-state index contributed by atoms with van der Waals surface area (Å²) in [6.07, 6.45) is -2.72. The van der Waals surface area contributed by atoms with Gasteiger partial charge in [-0.25, -0.2) is 0 Å². The molecular weight excluding hydrogens is 195 g/mol. The van der Waals surface area contributed by atoms with Crippen molar-refractivity contribution in [2.24, 2.45) is 5.92 Å². The predicted octanol–water partition coefficient (Wildman–Crippen LogP) is 2.06. The van der Waals surface area contributed by atoms with E-state index in [-0.39, 0.29) is 12.5 Å². The lowest BCUT2D eigenvalue weighted by atomic mass is 10.2. The number of rotatable bonds is 2. The molecule has 0 aliphatic heterocycles. The highest BCUT2D eigenvalue weighted by atomic mass is 19.4. The van der Waals surface area contributed by atoms with Crippen LogP contribution in [0.1, 0.15) is 12.5 Å². The summed E-state index contributed by atoms with van der Waals surface area (Å²) in [7, 11) is 0. The Kier molecular flexibility index (Phi) is 2.79. The SMILES string of the molecule is CC(C#N)Cn1cc(C(F)(F)F)cn1. The van der Waals surface area contributed by atoms with E-state index < -0.39 is 11.7 Å². The predicted molar refractivity (Wildman–Crippen MR) is 42.0 cm³/mol. The van der Waals surface area contributed by atoms with Gasteiger partial charge in [-0.05, 0) is 6.92 Å². The number of alkyl halides is 3. The lowest BCUT2D eigenvalue weighted by Crippen LogP contribution is -2.07. The highest BCUT2D eigenvalue weighted by Crippen LogP contribution is 2.28. The molecule has 0 radical (unpaired) electrons. The molecule has 3 nitrogen and oxygen atoms in total. The highest BCUT2D eigenvalue weighted by molar-refractivity contribution is 5.08. The second-order valence-corrected chi connectivity index (χ2v) is 2.98. The zero-order valence-corrected chi connectivity index (χ0v) is 7.41. The van der Waals surface area contributed by atoms with E-state index in [0.29, 0.717) is 0 Å². The van der Waals surface area contributed by atoms with Gasteiger partial charge in [0, 0.05) is 6.20 Å². The molecule has 0 N–H and O–H groups in total. The van der Waals surface area contributed by atoms with E-state index in [4.69, 9.17) is 5.26 Å². The molecule has 0 bridgehead atoms. The molecule has 1 rings (SSSR count). The fourth-order valence-electron chi connectivity index (χ4n) is 0.931. The van der Waals surface area contributed by atoms with E-state index in [1.54, 1.807) is 6.92 Å². The maximum absolute atomic E-state index is 12.1. The molecule has 0 fully saturated rings. The van der Waals surface area contributed by atoms with E-state index in [1.807, 2.05) is 6.07 Å². The van der Waals surface area contributed by atoms with E-state index in [2.05, 4.69) is 5.10 Å². The van der Waals surface area contributed by atoms with Crippen molar-refractivity contribution in [2.75, 3.05) is 0 Å². The number of halogens is 3. The Morgan fingerprint density at radius 2 is 2.29 bits per heavy atom. The number of aromatic nitrogens is 2. The van der Waals surface area contributed by atoms with Crippen LogP contribution in [0.2, 0.25) is 0 Å². The molecule has 0 spiro atoms. The van der Waals surface area contributed by atoms with Crippen LogP contribution >= 0.6 is 0 Å². The van der Waals surface area contributed by atoms with E-state index >= 15 is 0 Å². The maximum Gasteiger partial charge on any atom is 0.419 e. The van der Waals surface area contributed by atoms with Gasteiger partial charge in [0.25, 0.3) is 0 Å². The fourth-order valence-corrected chi connectivity index (χ4v) is 0.931. The summed E-state index contributed by atoms with van der Waals surface area (Å²) in [6.45, 7) is 1.79. The average molecular weight is 203 g/mol. The Balaban J connectivity index is 2.75. The largest absolute Gasteiger partial charge is 0.419 e. The Hall–Kier alpha value is -1.51. The van der Waals surface area contributed by atoms with Crippen LogP contribution in [0.15, 0.2) is 12.4 Å². The highest BCUT2D eigenvalue weighted by Gasteiger charge is 2.32. The minimum atomic E-state index is -4.37. The van der Waals surface area contributed by atoms with Gasteiger partial charge in [0.05, 0.1) is 30.3 Å². The molecule has 1 atom stereocenters. The van der Waals surface area contributed by atoms with Crippen molar-refractivity contribution in [3.05, 3.63) is 18.0 Å². The van der Waals surface area contributed by atoms with E-state index in [9.17, 15) is 13.2 Å². The Bertz CT molecular complexity index is 347. The van der Waals surface area contributed by atoms with Gasteiger partial charge in [-0.1, -0.05) is 0 Å². The fraction of sp³-hybridized carbons (Fsp3) is 0.500. The zero-order valence-electron chi connectivity index (χ0n) is 7.41. The van der Waals surface area contributed by atoms with Gasteiger partial charge < -0.3 is 0 Å². The molecule has 0 amide bonds. The first kappa shape index (κ1) is 10.6. The second-order valence-electron chi connectivity index (χ2n) is 2.98. The number of hydrogen-bond donors (Lipinski definition) is 0. The van der Waals surface area contributed by atoms with Crippen LogP contribution in [0.5, 0.6) is 0 Å². The van der Waals surface area contributed by atoms with E-state index in [1.165, 1.54) is 0 Å². The van der Waals surface area contributed by atoms with Gasteiger partial charge in [0.15, 0.2) is 0 Å². The van der Waals surface area contributed by atoms with Gasteiger partial charge >= 0.3 is 6.18 Å². The van der Waals surface area contributed by atoms with Crippen LogP contribution in [-0.2, 0) is 12.7 Å². The molecule has 0 aliphatic carbocycles. The summed E-state index contributed by atoms with van der Waals surface area (Å²) in [4.78, 5) is 0. The standard InChI is InChI=1S/C8H8F3N3/c1-6(2-12)4-14-5-7(3-13-14)8(9,10)11/h3,5-6H,4H2,1H3. The van der Waals surface area contributed by atoms with Crippen molar-refractivity contribution in [2.45, 2.75) is 19.6 Å². The Morgan fingerprint density at radius 1 is 1.64 bits per heavy atom. The third-order valence-corrected chi connectivity index (χ3v) is 1.64. The molecule has 14 heavy (non-hydrogen) atoms. The van der Waals surface area contributed by atoms with Gasteiger partial charge in [-0.3, -0.25) is 4.68 Å². The number of hydrogen-bond acceptors (Lipinski definition) is 2. The van der Waals surface area contributed by atoms with Crippen LogP contribution in [-0.4, -0.2) is 9.78 Å². The van der Waals surface area contributed by atoms with Crippen molar-refractivity contribution in [3.8, 4) is 6.07 Å². The van der Waals surface area contributed by atoms with E-state index in [0.717, 1.165) is 17.1 Å². The molecule has 0 saturated carbocycles. The summed E-state index contributed by atoms with van der Waals surface area (Å²) in [5, 5.41) is 12.0. The zero-order chi connectivity index (χ0) is 10.8. The van der Waals surface area contributed by atoms with Crippen molar-refractivity contribution >= 4 is 0 Å². The molecule has 0 saturated heterocycles. The van der Waals surface area contributed by atoms with Gasteiger partial charge in [0.2, 0.25) is 0 Å². The van der Waals surface area contributed by atoms with Crippen molar-refractivity contribution in [1.82, 2.24) is 9.78 Å². The normalized spacial score (nSPS) is 13.6. The smallest absolute Gasteiger partial charge is 0.271 e. The first-order valence-corrected chi connectivity index (χ1v) is 3.92. The third-order valence-electron chi connectivity index (χ3n) is 1.64. The van der Waals surface area contributed by atoms with Crippen molar-refractivity contribution in [3.63, 3.8) is 0 Å². The minimum absolute atomic E-state index is 0.173. The third kappa shape index (κ3) is 2.49. The second kappa shape index (κ2) is 3.70. The number of nitrogens with zero attached hydrogens (tertiary/aromatic N) is 3. The molecule has 6 heteroatoms. The summed E-state index contributed by atoms with van der Waals surface area (Å²) >= 11 is 0.